The minimum atomic E-state index is -1.47. The number of barbiturate groups is 1. The largest absolute Gasteiger partial charge is 0.355 e. The number of imide groups is 2. The van der Waals surface area contributed by atoms with Crippen molar-refractivity contribution < 1.29 is 24.2 Å². The summed E-state index contributed by atoms with van der Waals surface area (Å²) in [5.41, 5.74) is -0.124. The van der Waals surface area contributed by atoms with Crippen molar-refractivity contribution in [2.75, 3.05) is 45.2 Å². The Morgan fingerprint density at radius 1 is 1.27 bits per heavy atom. The molecule has 3 atom stereocenters. The predicted octanol–water partition coefficient (Wildman–Crippen LogP) is -0.329. The molecular formula is C20H26N5O5+. The number of likely N-dealkylation sites (N-methyl/N-ethyl adjacent to an activating group) is 1. The van der Waals surface area contributed by atoms with Crippen molar-refractivity contribution in [1.82, 2.24) is 9.80 Å². The highest BCUT2D eigenvalue weighted by Gasteiger charge is 2.65. The molecule has 3 heterocycles. The summed E-state index contributed by atoms with van der Waals surface area (Å²) >= 11 is 0. The molecule has 0 radical (unpaired) electrons. The van der Waals surface area contributed by atoms with Crippen LogP contribution in [0.15, 0.2) is 18.2 Å². The number of hydrogen-bond donors (Lipinski definition) is 1. The summed E-state index contributed by atoms with van der Waals surface area (Å²) in [6, 6.07) is 3.60. The molecular weight excluding hydrogens is 390 g/mol. The van der Waals surface area contributed by atoms with Crippen LogP contribution in [0.5, 0.6) is 0 Å². The maximum Gasteiger partial charge on any atom is 0.333 e. The van der Waals surface area contributed by atoms with Crippen LogP contribution in [0.2, 0.25) is 0 Å². The van der Waals surface area contributed by atoms with Crippen molar-refractivity contribution in [3.63, 3.8) is 0 Å². The monoisotopic (exact) mass is 416 g/mol. The lowest BCUT2D eigenvalue weighted by molar-refractivity contribution is -0.883. The summed E-state index contributed by atoms with van der Waals surface area (Å²) in [6.45, 7) is 4.10. The van der Waals surface area contributed by atoms with Gasteiger partial charge in [0.15, 0.2) is 5.41 Å². The first kappa shape index (κ1) is 20.3. The SMILES string of the molecule is CCCN1C(=O)N(C)C(=O)[C@]2(Cc3cc([N+](=O)[O-])ccc3N3CC[NH+](C)C[C@@H]32)C1=O. The Morgan fingerprint density at radius 2 is 2.00 bits per heavy atom. The van der Waals surface area contributed by atoms with E-state index in [9.17, 15) is 24.5 Å². The van der Waals surface area contributed by atoms with E-state index in [1.165, 1.54) is 29.0 Å². The Bertz CT molecular complexity index is 950. The molecule has 3 aliphatic rings. The number of benzene rings is 1. The molecule has 3 aliphatic heterocycles. The Kier molecular flexibility index (Phi) is 4.76. The Labute approximate surface area is 174 Å². The maximum atomic E-state index is 13.7. The molecule has 0 aliphatic carbocycles. The number of nitro groups is 1. The zero-order valence-electron chi connectivity index (χ0n) is 17.4. The van der Waals surface area contributed by atoms with Gasteiger partial charge >= 0.3 is 6.03 Å². The van der Waals surface area contributed by atoms with Gasteiger partial charge in [-0.05, 0) is 18.1 Å². The first-order chi connectivity index (χ1) is 14.2. The number of fused-ring (bicyclic) bond motifs is 4. The number of quaternary nitrogens is 1. The van der Waals surface area contributed by atoms with E-state index in [2.05, 4.69) is 0 Å². The average Bonchev–Trinajstić information content (AvgIpc) is 2.73. The van der Waals surface area contributed by atoms with Gasteiger partial charge in [0.1, 0.15) is 6.04 Å². The molecule has 4 rings (SSSR count). The molecule has 0 saturated carbocycles. The number of urea groups is 1. The first-order valence-electron chi connectivity index (χ1n) is 10.2. The van der Waals surface area contributed by atoms with E-state index in [1.54, 1.807) is 6.07 Å². The topological polar surface area (TPSA) is 109 Å². The fourth-order valence-corrected chi connectivity index (χ4v) is 5.11. The van der Waals surface area contributed by atoms with Crippen LogP contribution >= 0.6 is 0 Å². The third kappa shape index (κ3) is 2.70. The molecule has 1 aromatic rings. The standard InChI is InChI=1S/C20H25N5O5/c1-4-7-24-18(27)20(17(26)22(3)19(24)28)11-13-10-14(25(29)30)5-6-15(13)23-9-8-21(2)12-16(20)23/h5-6,10,16H,4,7-9,11-12H2,1-3H3/p+1/t16-,20-/m1/s1. The summed E-state index contributed by atoms with van der Waals surface area (Å²) in [7, 11) is 3.43. The van der Waals surface area contributed by atoms with E-state index in [1.807, 2.05) is 18.9 Å². The normalized spacial score (nSPS) is 28.6. The van der Waals surface area contributed by atoms with E-state index in [-0.39, 0.29) is 18.7 Å². The highest BCUT2D eigenvalue weighted by molar-refractivity contribution is 6.20. The van der Waals surface area contributed by atoms with Crippen LogP contribution in [0.4, 0.5) is 16.2 Å². The van der Waals surface area contributed by atoms with E-state index in [0.29, 0.717) is 25.1 Å². The summed E-state index contributed by atoms with van der Waals surface area (Å²) in [4.78, 5) is 56.3. The van der Waals surface area contributed by atoms with Crippen LogP contribution in [-0.2, 0) is 16.0 Å². The highest BCUT2D eigenvalue weighted by Crippen LogP contribution is 2.46. The number of rotatable bonds is 3. The summed E-state index contributed by atoms with van der Waals surface area (Å²) in [6.07, 6.45) is 0.630. The minimum absolute atomic E-state index is 0.0496. The summed E-state index contributed by atoms with van der Waals surface area (Å²) in [5, 5.41) is 11.3. The van der Waals surface area contributed by atoms with Gasteiger partial charge in [0.05, 0.1) is 31.6 Å². The Morgan fingerprint density at radius 3 is 2.67 bits per heavy atom. The predicted molar refractivity (Wildman–Crippen MR) is 107 cm³/mol. The van der Waals surface area contributed by atoms with E-state index >= 15 is 0 Å². The van der Waals surface area contributed by atoms with Crippen LogP contribution in [0.1, 0.15) is 18.9 Å². The van der Waals surface area contributed by atoms with Crippen molar-refractivity contribution in [1.29, 1.82) is 0 Å². The molecule has 0 bridgehead atoms. The van der Waals surface area contributed by atoms with Gasteiger partial charge in [0.25, 0.3) is 5.69 Å². The molecule has 10 heteroatoms. The van der Waals surface area contributed by atoms with Crippen molar-refractivity contribution in [3.05, 3.63) is 33.9 Å². The van der Waals surface area contributed by atoms with Gasteiger partial charge in [-0.1, -0.05) is 6.92 Å². The molecule has 10 nitrogen and oxygen atoms in total. The molecule has 1 aromatic carbocycles. The number of carbonyl (C=O) groups is 3. The lowest BCUT2D eigenvalue weighted by Gasteiger charge is -2.54. The van der Waals surface area contributed by atoms with Crippen molar-refractivity contribution in [2.24, 2.45) is 5.41 Å². The molecule has 1 spiro atoms. The van der Waals surface area contributed by atoms with Gasteiger partial charge in [0, 0.05) is 37.8 Å². The Balaban J connectivity index is 1.91. The molecule has 2 saturated heterocycles. The average molecular weight is 416 g/mol. The summed E-state index contributed by atoms with van der Waals surface area (Å²) < 4.78 is 0. The van der Waals surface area contributed by atoms with Crippen molar-refractivity contribution >= 4 is 29.2 Å². The third-order valence-electron chi connectivity index (χ3n) is 6.60. The molecule has 1 unspecified atom stereocenters. The summed E-state index contributed by atoms with van der Waals surface area (Å²) in [5.74, 6) is -1.01. The number of nitrogens with zero attached hydrogens (tertiary/aromatic N) is 4. The van der Waals surface area contributed by atoms with Crippen LogP contribution < -0.4 is 9.80 Å². The van der Waals surface area contributed by atoms with Crippen LogP contribution in [0.3, 0.4) is 0 Å². The van der Waals surface area contributed by atoms with Gasteiger partial charge in [0.2, 0.25) is 11.8 Å². The van der Waals surface area contributed by atoms with E-state index in [4.69, 9.17) is 0 Å². The van der Waals surface area contributed by atoms with E-state index in [0.717, 1.165) is 17.1 Å². The maximum absolute atomic E-state index is 13.7. The number of anilines is 1. The van der Waals surface area contributed by atoms with Crippen LogP contribution in [-0.4, -0.2) is 78.9 Å². The van der Waals surface area contributed by atoms with Crippen LogP contribution in [0.25, 0.3) is 0 Å². The number of carbonyl (C=O) groups excluding carboxylic acids is 3. The second kappa shape index (κ2) is 7.05. The number of nitro benzene ring substituents is 1. The van der Waals surface area contributed by atoms with Gasteiger partial charge in [-0.2, -0.15) is 0 Å². The first-order valence-corrected chi connectivity index (χ1v) is 10.2. The smallest absolute Gasteiger partial charge is 0.333 e. The van der Waals surface area contributed by atoms with Crippen LogP contribution in [0, 0.1) is 15.5 Å². The molecule has 160 valence electrons. The Hall–Kier alpha value is -3.01. The lowest BCUT2D eigenvalue weighted by atomic mass is 9.67. The molecule has 1 N–H and O–H groups in total. The number of hydrogen-bond acceptors (Lipinski definition) is 6. The third-order valence-corrected chi connectivity index (χ3v) is 6.60. The number of amides is 4. The highest BCUT2D eigenvalue weighted by atomic mass is 16.6. The molecule has 30 heavy (non-hydrogen) atoms. The number of nitrogens with one attached hydrogen (secondary N) is 1. The van der Waals surface area contributed by atoms with Gasteiger partial charge in [-0.3, -0.25) is 29.5 Å². The lowest BCUT2D eigenvalue weighted by Crippen LogP contribution is -3.14. The van der Waals surface area contributed by atoms with Gasteiger partial charge < -0.3 is 9.80 Å². The van der Waals surface area contributed by atoms with E-state index < -0.39 is 34.2 Å². The molecule has 4 amide bonds. The second-order valence-electron chi connectivity index (χ2n) is 8.44. The quantitative estimate of drug-likeness (QED) is 0.411. The zero-order chi connectivity index (χ0) is 21.8. The fourth-order valence-electron chi connectivity index (χ4n) is 5.11. The number of piperazine rings is 1. The molecule has 0 aromatic heterocycles. The van der Waals surface area contributed by atoms with Gasteiger partial charge in [-0.25, -0.2) is 4.79 Å². The molecule has 2 fully saturated rings. The zero-order valence-corrected chi connectivity index (χ0v) is 17.4. The van der Waals surface area contributed by atoms with Crippen molar-refractivity contribution in [2.45, 2.75) is 25.8 Å². The fraction of sp³-hybridized carbons (Fsp3) is 0.550. The minimum Gasteiger partial charge on any atom is -0.355 e. The van der Waals surface area contributed by atoms with Gasteiger partial charge in [-0.15, -0.1) is 0 Å². The van der Waals surface area contributed by atoms with Crippen molar-refractivity contribution in [3.8, 4) is 0 Å². The number of non-ortho nitro benzene ring substituents is 1. The second-order valence-corrected chi connectivity index (χ2v) is 8.44.